The molecule has 1 heterocycles. The average molecular weight is 258 g/mol. The highest BCUT2D eigenvalue weighted by atomic mass is 35.5. The SMILES string of the molecule is OCc1cc(Cl)ccc1N1CCOCC1CO. The van der Waals surface area contributed by atoms with Crippen LogP contribution in [0, 0.1) is 0 Å². The molecule has 1 unspecified atom stereocenters. The van der Waals surface area contributed by atoms with Crippen molar-refractivity contribution in [2.24, 2.45) is 0 Å². The average Bonchev–Trinajstić information content (AvgIpc) is 2.38. The second-order valence-electron chi connectivity index (χ2n) is 4.04. The van der Waals surface area contributed by atoms with Gasteiger partial charge in [0.1, 0.15) is 0 Å². The lowest BCUT2D eigenvalue weighted by Gasteiger charge is -2.37. The number of hydrogen-bond donors (Lipinski definition) is 2. The molecule has 2 N–H and O–H groups in total. The predicted molar refractivity (Wildman–Crippen MR) is 66.4 cm³/mol. The third kappa shape index (κ3) is 2.72. The topological polar surface area (TPSA) is 52.9 Å². The van der Waals surface area contributed by atoms with Crippen LogP contribution in [0.25, 0.3) is 0 Å². The van der Waals surface area contributed by atoms with Gasteiger partial charge in [-0.2, -0.15) is 0 Å². The van der Waals surface area contributed by atoms with E-state index in [1.54, 1.807) is 12.1 Å². The van der Waals surface area contributed by atoms with E-state index in [0.717, 1.165) is 11.3 Å². The molecule has 94 valence electrons. The van der Waals surface area contributed by atoms with E-state index in [1.807, 2.05) is 6.07 Å². The second-order valence-corrected chi connectivity index (χ2v) is 4.47. The largest absolute Gasteiger partial charge is 0.394 e. The Morgan fingerprint density at radius 2 is 2.24 bits per heavy atom. The molecule has 0 bridgehead atoms. The number of aliphatic hydroxyl groups excluding tert-OH is 2. The van der Waals surface area contributed by atoms with Crippen LogP contribution in [-0.4, -0.2) is 42.6 Å². The van der Waals surface area contributed by atoms with Crippen LogP contribution >= 0.6 is 11.6 Å². The number of anilines is 1. The number of aliphatic hydroxyl groups is 2. The van der Waals surface area contributed by atoms with Crippen molar-refractivity contribution in [3.05, 3.63) is 28.8 Å². The predicted octanol–water partition coefficient (Wildman–Crippen LogP) is 1.03. The lowest BCUT2D eigenvalue weighted by molar-refractivity contribution is 0.0725. The smallest absolute Gasteiger partial charge is 0.0755 e. The van der Waals surface area contributed by atoms with Gasteiger partial charge in [0.15, 0.2) is 0 Å². The first-order valence-corrected chi connectivity index (χ1v) is 5.98. The molecule has 4 nitrogen and oxygen atoms in total. The Bertz CT molecular complexity index is 386. The number of ether oxygens (including phenoxy) is 1. The van der Waals surface area contributed by atoms with Crippen LogP contribution in [0.2, 0.25) is 5.02 Å². The molecule has 0 radical (unpaired) electrons. The zero-order chi connectivity index (χ0) is 12.3. The highest BCUT2D eigenvalue weighted by molar-refractivity contribution is 6.30. The molecule has 0 aromatic heterocycles. The van der Waals surface area contributed by atoms with Crippen LogP contribution in [-0.2, 0) is 11.3 Å². The van der Waals surface area contributed by atoms with E-state index in [1.165, 1.54) is 0 Å². The van der Waals surface area contributed by atoms with Crippen molar-refractivity contribution in [2.45, 2.75) is 12.6 Å². The Morgan fingerprint density at radius 1 is 1.41 bits per heavy atom. The zero-order valence-electron chi connectivity index (χ0n) is 9.47. The molecule has 1 aliphatic heterocycles. The molecule has 1 saturated heterocycles. The summed E-state index contributed by atoms with van der Waals surface area (Å²) >= 11 is 5.90. The molecular formula is C12H16ClNO3. The molecule has 1 fully saturated rings. The van der Waals surface area contributed by atoms with Crippen molar-refractivity contribution in [2.75, 3.05) is 31.3 Å². The first-order valence-electron chi connectivity index (χ1n) is 5.60. The van der Waals surface area contributed by atoms with Crippen LogP contribution in [0.4, 0.5) is 5.69 Å². The Hall–Kier alpha value is -0.810. The fourth-order valence-electron chi connectivity index (χ4n) is 2.08. The van der Waals surface area contributed by atoms with Gasteiger partial charge in [-0.3, -0.25) is 0 Å². The van der Waals surface area contributed by atoms with Crippen molar-refractivity contribution < 1.29 is 14.9 Å². The van der Waals surface area contributed by atoms with Crippen LogP contribution < -0.4 is 4.90 Å². The van der Waals surface area contributed by atoms with Gasteiger partial charge in [0.05, 0.1) is 32.5 Å². The Morgan fingerprint density at radius 3 is 2.94 bits per heavy atom. The molecule has 0 aliphatic carbocycles. The summed E-state index contributed by atoms with van der Waals surface area (Å²) in [6.45, 7) is 1.81. The summed E-state index contributed by atoms with van der Waals surface area (Å²) in [5.41, 5.74) is 1.69. The fourth-order valence-corrected chi connectivity index (χ4v) is 2.28. The molecule has 17 heavy (non-hydrogen) atoms. The summed E-state index contributed by atoms with van der Waals surface area (Å²) in [4.78, 5) is 2.06. The molecule has 2 rings (SSSR count). The summed E-state index contributed by atoms with van der Waals surface area (Å²) in [5, 5.41) is 19.3. The van der Waals surface area contributed by atoms with E-state index in [2.05, 4.69) is 4.90 Å². The van der Waals surface area contributed by atoms with Gasteiger partial charge in [-0.1, -0.05) is 11.6 Å². The molecule has 0 amide bonds. The van der Waals surface area contributed by atoms with Gasteiger partial charge in [-0.05, 0) is 18.2 Å². The molecule has 5 heteroatoms. The van der Waals surface area contributed by atoms with Gasteiger partial charge >= 0.3 is 0 Å². The minimum Gasteiger partial charge on any atom is -0.394 e. The summed E-state index contributed by atoms with van der Waals surface area (Å²) < 4.78 is 5.33. The standard InChI is InChI=1S/C12H16ClNO3/c13-10-1-2-12(9(5-10)6-15)14-3-4-17-8-11(14)7-16/h1-2,5,11,15-16H,3-4,6-8H2. The fraction of sp³-hybridized carbons (Fsp3) is 0.500. The molecule has 1 aromatic carbocycles. The summed E-state index contributed by atoms with van der Waals surface area (Å²) in [5.74, 6) is 0. The molecule has 1 aromatic rings. The first kappa shape index (κ1) is 12.6. The minimum absolute atomic E-state index is 0.0352. The quantitative estimate of drug-likeness (QED) is 0.849. The zero-order valence-corrected chi connectivity index (χ0v) is 10.2. The highest BCUT2D eigenvalue weighted by Crippen LogP contribution is 2.27. The monoisotopic (exact) mass is 257 g/mol. The molecule has 0 saturated carbocycles. The number of nitrogens with zero attached hydrogens (tertiary/aromatic N) is 1. The van der Waals surface area contributed by atoms with Crippen molar-refractivity contribution >= 4 is 17.3 Å². The highest BCUT2D eigenvalue weighted by Gasteiger charge is 2.24. The minimum atomic E-state index is -0.0641. The summed E-state index contributed by atoms with van der Waals surface area (Å²) in [6.07, 6.45) is 0. The van der Waals surface area contributed by atoms with Crippen molar-refractivity contribution in [3.63, 3.8) is 0 Å². The number of hydrogen-bond acceptors (Lipinski definition) is 4. The van der Waals surface area contributed by atoms with E-state index < -0.39 is 0 Å². The van der Waals surface area contributed by atoms with E-state index in [0.29, 0.717) is 24.8 Å². The van der Waals surface area contributed by atoms with Crippen LogP contribution in [0.3, 0.4) is 0 Å². The molecule has 0 spiro atoms. The van der Waals surface area contributed by atoms with Crippen LogP contribution in [0.1, 0.15) is 5.56 Å². The van der Waals surface area contributed by atoms with Gasteiger partial charge in [0, 0.05) is 22.8 Å². The van der Waals surface area contributed by atoms with Gasteiger partial charge < -0.3 is 19.8 Å². The number of morpholine rings is 1. The van der Waals surface area contributed by atoms with E-state index in [-0.39, 0.29) is 19.3 Å². The second kappa shape index (κ2) is 5.69. The lowest BCUT2D eigenvalue weighted by atomic mass is 10.1. The molecule has 1 atom stereocenters. The number of benzene rings is 1. The Labute approximate surface area is 105 Å². The normalized spacial score (nSPS) is 20.6. The summed E-state index contributed by atoms with van der Waals surface area (Å²) in [6, 6.07) is 5.36. The number of halogens is 1. The van der Waals surface area contributed by atoms with E-state index in [9.17, 15) is 10.2 Å². The molecular weight excluding hydrogens is 242 g/mol. The van der Waals surface area contributed by atoms with Crippen molar-refractivity contribution in [1.82, 2.24) is 0 Å². The van der Waals surface area contributed by atoms with E-state index in [4.69, 9.17) is 16.3 Å². The van der Waals surface area contributed by atoms with Crippen LogP contribution in [0.15, 0.2) is 18.2 Å². The Kier molecular flexibility index (Phi) is 4.23. The van der Waals surface area contributed by atoms with Crippen molar-refractivity contribution in [1.29, 1.82) is 0 Å². The maximum absolute atomic E-state index is 9.35. The lowest BCUT2D eigenvalue weighted by Crippen LogP contribution is -2.48. The molecule has 1 aliphatic rings. The van der Waals surface area contributed by atoms with Gasteiger partial charge in [0.25, 0.3) is 0 Å². The maximum Gasteiger partial charge on any atom is 0.0755 e. The number of rotatable bonds is 3. The van der Waals surface area contributed by atoms with Crippen molar-refractivity contribution in [3.8, 4) is 0 Å². The third-order valence-corrected chi connectivity index (χ3v) is 3.19. The third-order valence-electron chi connectivity index (χ3n) is 2.96. The van der Waals surface area contributed by atoms with Gasteiger partial charge in [0.2, 0.25) is 0 Å². The van der Waals surface area contributed by atoms with Crippen LogP contribution in [0.5, 0.6) is 0 Å². The first-order chi connectivity index (χ1) is 8.26. The summed E-state index contributed by atoms with van der Waals surface area (Å²) in [7, 11) is 0. The maximum atomic E-state index is 9.35. The van der Waals surface area contributed by atoms with E-state index >= 15 is 0 Å². The Balaban J connectivity index is 2.30. The van der Waals surface area contributed by atoms with Gasteiger partial charge in [-0.15, -0.1) is 0 Å². The van der Waals surface area contributed by atoms with Gasteiger partial charge in [-0.25, -0.2) is 0 Å².